The minimum atomic E-state index is -0.379. The van der Waals surface area contributed by atoms with Gasteiger partial charge in [-0.25, -0.2) is 4.98 Å². The fraction of sp³-hybridized carbons (Fsp3) is 0.176. The zero-order valence-corrected chi connectivity index (χ0v) is 13.1. The van der Waals surface area contributed by atoms with E-state index in [4.69, 9.17) is 17.3 Å². The first-order chi connectivity index (χ1) is 10.5. The summed E-state index contributed by atoms with van der Waals surface area (Å²) in [4.78, 5) is 17.6. The Labute approximate surface area is 133 Å². The lowest BCUT2D eigenvalue weighted by atomic mass is 10.1. The highest BCUT2D eigenvalue weighted by molar-refractivity contribution is 6.35. The summed E-state index contributed by atoms with van der Waals surface area (Å²) in [5.74, 6) is 0.522. The number of hydrogen-bond donors (Lipinski definition) is 1. The lowest BCUT2D eigenvalue weighted by Crippen LogP contribution is -2.27. The third-order valence-electron chi connectivity index (χ3n) is 3.62. The molecule has 0 amide bonds. The second kappa shape index (κ2) is 5.55. The number of nitrogens with zero attached hydrogens (tertiary/aromatic N) is 2. The van der Waals surface area contributed by atoms with Gasteiger partial charge in [0.15, 0.2) is 0 Å². The summed E-state index contributed by atoms with van der Waals surface area (Å²) >= 11 is 6.24. The van der Waals surface area contributed by atoms with Crippen LogP contribution in [-0.4, -0.2) is 9.55 Å². The summed E-state index contributed by atoms with van der Waals surface area (Å²) in [6.45, 7) is 3.72. The highest BCUT2D eigenvalue weighted by Crippen LogP contribution is 2.24. The van der Waals surface area contributed by atoms with E-state index in [9.17, 15) is 4.79 Å². The Morgan fingerprint density at radius 1 is 1.18 bits per heavy atom. The molecular weight excluding hydrogens is 298 g/mol. The average molecular weight is 314 g/mol. The summed E-state index contributed by atoms with van der Waals surface area (Å²) in [7, 11) is 0. The number of para-hydroxylation sites is 1. The minimum absolute atomic E-state index is 0.197. The Balaban J connectivity index is 2.51. The molecule has 5 heteroatoms. The van der Waals surface area contributed by atoms with E-state index in [0.717, 1.165) is 11.3 Å². The molecule has 112 valence electrons. The molecule has 22 heavy (non-hydrogen) atoms. The van der Waals surface area contributed by atoms with Crippen LogP contribution in [0.1, 0.15) is 24.4 Å². The largest absolute Gasteiger partial charge is 0.322 e. The molecular formula is C17H16ClN3O. The maximum Gasteiger partial charge on any atom is 0.267 e. The zero-order valence-electron chi connectivity index (χ0n) is 12.4. The molecule has 0 aliphatic heterocycles. The molecule has 0 fully saturated rings. The van der Waals surface area contributed by atoms with Gasteiger partial charge in [-0.2, -0.15) is 0 Å². The smallest absolute Gasteiger partial charge is 0.267 e. The highest BCUT2D eigenvalue weighted by atomic mass is 35.5. The van der Waals surface area contributed by atoms with E-state index < -0.39 is 0 Å². The maximum atomic E-state index is 13.0. The van der Waals surface area contributed by atoms with Crippen molar-refractivity contribution in [3.8, 4) is 5.69 Å². The topological polar surface area (TPSA) is 60.9 Å². The van der Waals surface area contributed by atoms with Crippen molar-refractivity contribution >= 4 is 22.5 Å². The zero-order chi connectivity index (χ0) is 15.9. The predicted octanol–water partition coefficient (Wildman–Crippen LogP) is 3.37. The normalized spacial score (nSPS) is 12.5. The SMILES string of the molecule is Cc1ccc(Cl)c2c(=O)n(-c3ccccc3)c([C@H](C)N)nc12. The first-order valence-corrected chi connectivity index (χ1v) is 7.41. The molecule has 0 saturated carbocycles. The standard InChI is InChI=1S/C17H16ClN3O/c1-10-8-9-13(18)14-15(10)20-16(11(2)19)21(17(14)22)12-6-4-3-5-7-12/h3-9,11H,19H2,1-2H3/t11-/m0/s1. The summed E-state index contributed by atoms with van der Waals surface area (Å²) in [6, 6.07) is 12.5. The Kier molecular flexibility index (Phi) is 3.72. The third-order valence-corrected chi connectivity index (χ3v) is 3.94. The van der Waals surface area contributed by atoms with Crippen molar-refractivity contribution in [1.82, 2.24) is 9.55 Å². The van der Waals surface area contributed by atoms with Gasteiger partial charge in [0.05, 0.1) is 27.7 Å². The van der Waals surface area contributed by atoms with Gasteiger partial charge in [0.25, 0.3) is 5.56 Å². The molecule has 0 aliphatic rings. The van der Waals surface area contributed by atoms with Gasteiger partial charge in [0, 0.05) is 0 Å². The van der Waals surface area contributed by atoms with Crippen LogP contribution in [0.3, 0.4) is 0 Å². The average Bonchev–Trinajstić information content (AvgIpc) is 2.51. The van der Waals surface area contributed by atoms with E-state index >= 15 is 0 Å². The van der Waals surface area contributed by atoms with Gasteiger partial charge in [-0.15, -0.1) is 0 Å². The van der Waals surface area contributed by atoms with Gasteiger partial charge in [-0.1, -0.05) is 35.9 Å². The molecule has 0 radical (unpaired) electrons. The summed E-state index contributed by atoms with van der Waals surface area (Å²) in [5, 5.41) is 0.828. The molecule has 0 aliphatic carbocycles. The van der Waals surface area contributed by atoms with E-state index in [1.807, 2.05) is 50.2 Å². The van der Waals surface area contributed by atoms with Crippen molar-refractivity contribution in [3.05, 3.63) is 69.2 Å². The van der Waals surface area contributed by atoms with Gasteiger partial charge >= 0.3 is 0 Å². The second-order valence-electron chi connectivity index (χ2n) is 5.32. The van der Waals surface area contributed by atoms with Crippen LogP contribution >= 0.6 is 11.6 Å². The first kappa shape index (κ1) is 14.8. The molecule has 0 unspecified atom stereocenters. The maximum absolute atomic E-state index is 13.0. The van der Waals surface area contributed by atoms with Crippen molar-refractivity contribution in [3.63, 3.8) is 0 Å². The van der Waals surface area contributed by atoms with Gasteiger partial charge in [-0.05, 0) is 37.6 Å². The van der Waals surface area contributed by atoms with Crippen molar-refractivity contribution in [2.75, 3.05) is 0 Å². The van der Waals surface area contributed by atoms with E-state index in [1.54, 1.807) is 10.6 Å². The van der Waals surface area contributed by atoms with Crippen LogP contribution in [0.15, 0.2) is 47.3 Å². The fourth-order valence-electron chi connectivity index (χ4n) is 2.53. The van der Waals surface area contributed by atoms with E-state index in [1.165, 1.54) is 0 Å². The Morgan fingerprint density at radius 2 is 1.86 bits per heavy atom. The van der Waals surface area contributed by atoms with E-state index in [0.29, 0.717) is 21.7 Å². The molecule has 1 aromatic heterocycles. The number of aryl methyl sites for hydroxylation is 1. The summed E-state index contributed by atoms with van der Waals surface area (Å²) in [6.07, 6.45) is 0. The number of hydrogen-bond acceptors (Lipinski definition) is 3. The molecule has 1 heterocycles. The molecule has 2 aromatic carbocycles. The Hall–Kier alpha value is -2.17. The molecule has 4 nitrogen and oxygen atoms in total. The number of fused-ring (bicyclic) bond motifs is 1. The molecule has 0 spiro atoms. The van der Waals surface area contributed by atoms with Crippen LogP contribution in [0.2, 0.25) is 5.02 Å². The summed E-state index contributed by atoms with van der Waals surface area (Å²) in [5.41, 5.74) is 8.09. The van der Waals surface area contributed by atoms with Crippen molar-refractivity contribution < 1.29 is 0 Å². The van der Waals surface area contributed by atoms with Gasteiger partial charge in [0.2, 0.25) is 0 Å². The predicted molar refractivity (Wildman–Crippen MR) is 89.7 cm³/mol. The summed E-state index contributed by atoms with van der Waals surface area (Å²) < 4.78 is 1.54. The number of rotatable bonds is 2. The molecule has 0 saturated heterocycles. The quantitative estimate of drug-likeness (QED) is 0.789. The van der Waals surface area contributed by atoms with Crippen molar-refractivity contribution in [2.24, 2.45) is 5.73 Å². The van der Waals surface area contributed by atoms with Crippen LogP contribution in [0, 0.1) is 6.92 Å². The molecule has 3 rings (SSSR count). The molecule has 0 bridgehead atoms. The van der Waals surface area contributed by atoms with Gasteiger partial charge in [0.1, 0.15) is 5.82 Å². The molecule has 3 aromatic rings. The van der Waals surface area contributed by atoms with Crippen LogP contribution in [0.5, 0.6) is 0 Å². The van der Waals surface area contributed by atoms with Gasteiger partial charge < -0.3 is 5.73 Å². The van der Waals surface area contributed by atoms with Crippen molar-refractivity contribution in [1.29, 1.82) is 0 Å². The fourth-order valence-corrected chi connectivity index (χ4v) is 2.76. The van der Waals surface area contributed by atoms with E-state index in [2.05, 4.69) is 4.98 Å². The molecule has 2 N–H and O–H groups in total. The number of nitrogens with two attached hydrogens (primary N) is 1. The first-order valence-electron chi connectivity index (χ1n) is 7.03. The number of aromatic nitrogens is 2. The van der Waals surface area contributed by atoms with Crippen LogP contribution in [-0.2, 0) is 0 Å². The minimum Gasteiger partial charge on any atom is -0.322 e. The Morgan fingerprint density at radius 3 is 2.50 bits per heavy atom. The highest BCUT2D eigenvalue weighted by Gasteiger charge is 2.18. The number of benzene rings is 2. The van der Waals surface area contributed by atoms with Crippen LogP contribution in [0.25, 0.3) is 16.6 Å². The lowest BCUT2D eigenvalue weighted by molar-refractivity contribution is 0.696. The van der Waals surface area contributed by atoms with Gasteiger partial charge in [-0.3, -0.25) is 9.36 Å². The molecule has 1 atom stereocenters. The van der Waals surface area contributed by atoms with Crippen LogP contribution in [0.4, 0.5) is 0 Å². The number of halogens is 1. The van der Waals surface area contributed by atoms with E-state index in [-0.39, 0.29) is 11.6 Å². The van der Waals surface area contributed by atoms with Crippen LogP contribution < -0.4 is 11.3 Å². The second-order valence-corrected chi connectivity index (χ2v) is 5.73. The third kappa shape index (κ3) is 2.30. The van der Waals surface area contributed by atoms with Crippen molar-refractivity contribution in [2.45, 2.75) is 19.9 Å². The lowest BCUT2D eigenvalue weighted by Gasteiger charge is -2.17. The Bertz CT molecular complexity index is 901. The monoisotopic (exact) mass is 313 g/mol.